The number of anilines is 1. The van der Waals surface area contributed by atoms with Gasteiger partial charge < -0.3 is 5.32 Å². The van der Waals surface area contributed by atoms with Gasteiger partial charge >= 0.3 is 0 Å². The largest absolute Gasteiger partial charge is 0.322 e. The third kappa shape index (κ3) is 2.94. The van der Waals surface area contributed by atoms with E-state index in [0.29, 0.717) is 5.56 Å². The van der Waals surface area contributed by atoms with Crippen LogP contribution in [-0.4, -0.2) is 10.9 Å². The van der Waals surface area contributed by atoms with Crippen molar-refractivity contribution in [2.24, 2.45) is 0 Å². The molecule has 0 spiro atoms. The molecule has 1 amide bonds. The van der Waals surface area contributed by atoms with E-state index in [1.807, 2.05) is 30.3 Å². The molecular formula is C15H16N2O. The molecule has 1 aromatic carbocycles. The Morgan fingerprint density at radius 3 is 2.72 bits per heavy atom. The fourth-order valence-electron chi connectivity index (χ4n) is 1.84. The first kappa shape index (κ1) is 12.3. The monoisotopic (exact) mass is 240 g/mol. The number of benzene rings is 1. The maximum absolute atomic E-state index is 12.2. The standard InChI is InChI=1S/C15H16N2O/c1-2-6-12-11-16-10-9-14(12)15(18)17-13-7-4-3-5-8-13/h3-5,7-11H,2,6H2,1H3,(H,17,18). The number of para-hydroxylation sites is 1. The van der Waals surface area contributed by atoms with Crippen LogP contribution in [-0.2, 0) is 6.42 Å². The van der Waals surface area contributed by atoms with Crippen LogP contribution >= 0.6 is 0 Å². The molecule has 0 fully saturated rings. The Hall–Kier alpha value is -2.16. The fourth-order valence-corrected chi connectivity index (χ4v) is 1.84. The molecule has 18 heavy (non-hydrogen) atoms. The summed E-state index contributed by atoms with van der Waals surface area (Å²) < 4.78 is 0. The van der Waals surface area contributed by atoms with Crippen LogP contribution in [0.4, 0.5) is 5.69 Å². The highest BCUT2D eigenvalue weighted by Gasteiger charge is 2.10. The lowest BCUT2D eigenvalue weighted by Gasteiger charge is -2.08. The lowest BCUT2D eigenvalue weighted by atomic mass is 10.1. The van der Waals surface area contributed by atoms with Crippen molar-refractivity contribution in [3.63, 3.8) is 0 Å². The molecule has 0 aliphatic carbocycles. The zero-order chi connectivity index (χ0) is 12.8. The van der Waals surface area contributed by atoms with Gasteiger partial charge in [0.15, 0.2) is 0 Å². The van der Waals surface area contributed by atoms with Crippen LogP contribution in [0.3, 0.4) is 0 Å². The molecular weight excluding hydrogens is 224 g/mol. The summed E-state index contributed by atoms with van der Waals surface area (Å²) in [5.74, 6) is -0.0768. The van der Waals surface area contributed by atoms with E-state index in [9.17, 15) is 4.79 Å². The number of nitrogens with zero attached hydrogens (tertiary/aromatic N) is 1. The number of nitrogens with one attached hydrogen (secondary N) is 1. The Labute approximate surface area is 107 Å². The molecule has 0 saturated carbocycles. The summed E-state index contributed by atoms with van der Waals surface area (Å²) in [7, 11) is 0. The normalized spacial score (nSPS) is 10.1. The molecule has 0 saturated heterocycles. The van der Waals surface area contributed by atoms with Gasteiger partial charge in [-0.3, -0.25) is 9.78 Å². The summed E-state index contributed by atoms with van der Waals surface area (Å²) >= 11 is 0. The van der Waals surface area contributed by atoms with Gasteiger partial charge in [-0.2, -0.15) is 0 Å². The van der Waals surface area contributed by atoms with E-state index in [4.69, 9.17) is 0 Å². The molecule has 92 valence electrons. The molecule has 0 unspecified atom stereocenters. The van der Waals surface area contributed by atoms with Crippen molar-refractivity contribution >= 4 is 11.6 Å². The van der Waals surface area contributed by atoms with Crippen molar-refractivity contribution in [3.05, 3.63) is 59.9 Å². The maximum atomic E-state index is 12.2. The highest BCUT2D eigenvalue weighted by molar-refractivity contribution is 6.05. The predicted octanol–water partition coefficient (Wildman–Crippen LogP) is 3.29. The minimum Gasteiger partial charge on any atom is -0.322 e. The number of carbonyl (C=O) groups is 1. The molecule has 0 aliphatic rings. The Morgan fingerprint density at radius 1 is 1.22 bits per heavy atom. The van der Waals surface area contributed by atoms with Crippen LogP contribution in [0.1, 0.15) is 29.3 Å². The molecule has 2 aromatic rings. The molecule has 3 heteroatoms. The van der Waals surface area contributed by atoms with Crippen molar-refractivity contribution < 1.29 is 4.79 Å². The quantitative estimate of drug-likeness (QED) is 0.891. The zero-order valence-electron chi connectivity index (χ0n) is 10.4. The van der Waals surface area contributed by atoms with Crippen molar-refractivity contribution in [2.45, 2.75) is 19.8 Å². The van der Waals surface area contributed by atoms with Crippen molar-refractivity contribution in [1.29, 1.82) is 0 Å². The molecule has 1 heterocycles. The van der Waals surface area contributed by atoms with Gasteiger partial charge in [0.05, 0.1) is 0 Å². The summed E-state index contributed by atoms with van der Waals surface area (Å²) in [6.45, 7) is 2.09. The summed E-state index contributed by atoms with van der Waals surface area (Å²) in [5, 5.41) is 2.89. The highest BCUT2D eigenvalue weighted by atomic mass is 16.1. The zero-order valence-corrected chi connectivity index (χ0v) is 10.4. The van der Waals surface area contributed by atoms with Gasteiger partial charge in [0.25, 0.3) is 5.91 Å². The first-order chi connectivity index (χ1) is 8.81. The molecule has 1 N–H and O–H groups in total. The lowest BCUT2D eigenvalue weighted by molar-refractivity contribution is 0.102. The van der Waals surface area contributed by atoms with E-state index in [1.54, 1.807) is 18.5 Å². The number of amides is 1. The Balaban J connectivity index is 2.19. The van der Waals surface area contributed by atoms with Crippen LogP contribution in [0.2, 0.25) is 0 Å². The number of hydrogen-bond donors (Lipinski definition) is 1. The van der Waals surface area contributed by atoms with Crippen LogP contribution in [0.5, 0.6) is 0 Å². The van der Waals surface area contributed by atoms with Gasteiger partial charge in [0.1, 0.15) is 0 Å². The topological polar surface area (TPSA) is 42.0 Å². The van der Waals surface area contributed by atoms with Crippen molar-refractivity contribution in [3.8, 4) is 0 Å². The molecule has 0 bridgehead atoms. The first-order valence-corrected chi connectivity index (χ1v) is 6.10. The Bertz CT molecular complexity index is 523. The van der Waals surface area contributed by atoms with E-state index in [2.05, 4.69) is 17.2 Å². The SMILES string of the molecule is CCCc1cnccc1C(=O)Nc1ccccc1. The molecule has 3 nitrogen and oxygen atoms in total. The minimum absolute atomic E-state index is 0.0768. The first-order valence-electron chi connectivity index (χ1n) is 6.10. The maximum Gasteiger partial charge on any atom is 0.256 e. The molecule has 0 radical (unpaired) electrons. The summed E-state index contributed by atoms with van der Waals surface area (Å²) in [6, 6.07) is 11.2. The number of carbonyl (C=O) groups excluding carboxylic acids is 1. The third-order valence-corrected chi connectivity index (χ3v) is 2.70. The number of aryl methyl sites for hydroxylation is 1. The summed E-state index contributed by atoms with van der Waals surface area (Å²) in [5.41, 5.74) is 2.51. The van der Waals surface area contributed by atoms with Gasteiger partial charge in [0.2, 0.25) is 0 Å². The molecule has 1 aromatic heterocycles. The second-order valence-electron chi connectivity index (χ2n) is 4.10. The number of pyridine rings is 1. The molecule has 2 rings (SSSR count). The average molecular weight is 240 g/mol. The van der Waals surface area contributed by atoms with E-state index >= 15 is 0 Å². The van der Waals surface area contributed by atoms with Crippen LogP contribution in [0.25, 0.3) is 0 Å². The Kier molecular flexibility index (Phi) is 4.07. The van der Waals surface area contributed by atoms with E-state index in [-0.39, 0.29) is 5.91 Å². The van der Waals surface area contributed by atoms with E-state index in [1.165, 1.54) is 0 Å². The minimum atomic E-state index is -0.0768. The number of hydrogen-bond acceptors (Lipinski definition) is 2. The molecule has 0 aliphatic heterocycles. The van der Waals surface area contributed by atoms with Gasteiger partial charge in [-0.05, 0) is 30.2 Å². The smallest absolute Gasteiger partial charge is 0.256 e. The van der Waals surface area contributed by atoms with Crippen LogP contribution in [0, 0.1) is 0 Å². The second-order valence-corrected chi connectivity index (χ2v) is 4.10. The highest BCUT2D eigenvalue weighted by Crippen LogP contribution is 2.13. The fraction of sp³-hybridized carbons (Fsp3) is 0.200. The predicted molar refractivity (Wildman–Crippen MR) is 72.6 cm³/mol. The number of rotatable bonds is 4. The van der Waals surface area contributed by atoms with E-state index < -0.39 is 0 Å². The molecule has 0 atom stereocenters. The van der Waals surface area contributed by atoms with Gasteiger partial charge in [-0.15, -0.1) is 0 Å². The van der Waals surface area contributed by atoms with Crippen LogP contribution in [0.15, 0.2) is 48.8 Å². The second kappa shape index (κ2) is 5.96. The summed E-state index contributed by atoms with van der Waals surface area (Å²) in [6.07, 6.45) is 5.28. The van der Waals surface area contributed by atoms with Crippen LogP contribution < -0.4 is 5.32 Å². The third-order valence-electron chi connectivity index (χ3n) is 2.70. The number of aromatic nitrogens is 1. The summed E-state index contributed by atoms with van der Waals surface area (Å²) in [4.78, 5) is 16.2. The van der Waals surface area contributed by atoms with E-state index in [0.717, 1.165) is 24.1 Å². The van der Waals surface area contributed by atoms with Gasteiger partial charge in [-0.1, -0.05) is 31.5 Å². The van der Waals surface area contributed by atoms with Crippen molar-refractivity contribution in [1.82, 2.24) is 4.98 Å². The van der Waals surface area contributed by atoms with Gasteiger partial charge in [-0.25, -0.2) is 0 Å². The van der Waals surface area contributed by atoms with Gasteiger partial charge in [0, 0.05) is 23.6 Å². The average Bonchev–Trinajstić information content (AvgIpc) is 2.41. The van der Waals surface area contributed by atoms with Crippen molar-refractivity contribution in [2.75, 3.05) is 5.32 Å². The lowest BCUT2D eigenvalue weighted by Crippen LogP contribution is -2.14. The Morgan fingerprint density at radius 2 is 2.00 bits per heavy atom.